The lowest BCUT2D eigenvalue weighted by atomic mass is 10.2. The molecule has 0 spiro atoms. The summed E-state index contributed by atoms with van der Waals surface area (Å²) in [7, 11) is 0. The molecule has 1 aromatic carbocycles. The highest BCUT2D eigenvalue weighted by Gasteiger charge is 2.03. The van der Waals surface area contributed by atoms with E-state index in [9.17, 15) is 4.79 Å². The molecule has 2 aromatic rings. The molecule has 0 atom stereocenters. The highest BCUT2D eigenvalue weighted by molar-refractivity contribution is 5.69. The minimum atomic E-state index is -0.900. The van der Waals surface area contributed by atoms with E-state index in [4.69, 9.17) is 9.84 Å². The molecular formula is C14H13NO3. The van der Waals surface area contributed by atoms with Crippen LogP contribution in [0.2, 0.25) is 0 Å². The van der Waals surface area contributed by atoms with Crippen LogP contribution in [-0.4, -0.2) is 16.1 Å². The van der Waals surface area contributed by atoms with Crippen molar-refractivity contribution in [1.29, 1.82) is 0 Å². The molecule has 4 heteroatoms. The lowest BCUT2D eigenvalue weighted by molar-refractivity contribution is -0.136. The predicted molar refractivity (Wildman–Crippen MR) is 66.4 cm³/mol. The van der Waals surface area contributed by atoms with Crippen molar-refractivity contribution in [2.24, 2.45) is 0 Å². The van der Waals surface area contributed by atoms with Gasteiger partial charge in [0.05, 0.1) is 12.1 Å². The molecule has 18 heavy (non-hydrogen) atoms. The van der Waals surface area contributed by atoms with Crippen LogP contribution in [0.5, 0.6) is 5.88 Å². The minimum absolute atomic E-state index is 0.0947. The SMILES string of the molecule is O=C(O)Cc1cccc(OCc2ccccc2)n1. The maximum atomic E-state index is 10.6. The zero-order chi connectivity index (χ0) is 12.8. The van der Waals surface area contributed by atoms with Gasteiger partial charge in [-0.3, -0.25) is 4.79 Å². The molecule has 0 aliphatic rings. The Labute approximate surface area is 105 Å². The third-order valence-corrected chi connectivity index (χ3v) is 2.34. The third kappa shape index (κ3) is 3.59. The van der Waals surface area contributed by atoms with Crippen molar-refractivity contribution in [1.82, 2.24) is 4.98 Å². The molecule has 0 fully saturated rings. The molecule has 1 aromatic heterocycles. The molecule has 0 aliphatic heterocycles. The molecule has 1 heterocycles. The Hall–Kier alpha value is -2.36. The molecule has 0 bridgehead atoms. The standard InChI is InChI=1S/C14H13NO3/c16-14(17)9-12-7-4-8-13(15-12)18-10-11-5-2-1-3-6-11/h1-8H,9-10H2,(H,16,17). The summed E-state index contributed by atoms with van der Waals surface area (Å²) in [5.41, 5.74) is 1.54. The van der Waals surface area contributed by atoms with Crippen LogP contribution in [0.25, 0.3) is 0 Å². The van der Waals surface area contributed by atoms with Gasteiger partial charge in [-0.1, -0.05) is 36.4 Å². The summed E-state index contributed by atoms with van der Waals surface area (Å²) in [4.78, 5) is 14.7. The van der Waals surface area contributed by atoms with Gasteiger partial charge >= 0.3 is 5.97 Å². The molecule has 4 nitrogen and oxygen atoms in total. The number of nitrogens with zero attached hydrogens (tertiary/aromatic N) is 1. The number of benzene rings is 1. The average molecular weight is 243 g/mol. The van der Waals surface area contributed by atoms with Crippen molar-refractivity contribution in [3.05, 3.63) is 59.8 Å². The number of hydrogen-bond donors (Lipinski definition) is 1. The van der Waals surface area contributed by atoms with E-state index in [-0.39, 0.29) is 6.42 Å². The van der Waals surface area contributed by atoms with Crippen LogP contribution in [0.15, 0.2) is 48.5 Å². The Morgan fingerprint density at radius 3 is 2.61 bits per heavy atom. The summed E-state index contributed by atoms with van der Waals surface area (Å²) in [6.07, 6.45) is -0.0947. The van der Waals surface area contributed by atoms with Crippen LogP contribution >= 0.6 is 0 Å². The van der Waals surface area contributed by atoms with Crippen molar-refractivity contribution in [3.8, 4) is 5.88 Å². The first-order valence-corrected chi connectivity index (χ1v) is 5.58. The molecule has 0 saturated carbocycles. The normalized spacial score (nSPS) is 10.0. The van der Waals surface area contributed by atoms with Crippen molar-refractivity contribution >= 4 is 5.97 Å². The lowest BCUT2D eigenvalue weighted by Crippen LogP contribution is -2.04. The molecule has 0 unspecified atom stereocenters. The second-order valence-electron chi connectivity index (χ2n) is 3.81. The maximum absolute atomic E-state index is 10.6. The average Bonchev–Trinajstić information content (AvgIpc) is 2.37. The van der Waals surface area contributed by atoms with E-state index in [0.29, 0.717) is 18.2 Å². The van der Waals surface area contributed by atoms with Gasteiger partial charge in [0.2, 0.25) is 5.88 Å². The highest BCUT2D eigenvalue weighted by Crippen LogP contribution is 2.10. The molecule has 1 N–H and O–H groups in total. The zero-order valence-electron chi connectivity index (χ0n) is 9.74. The Morgan fingerprint density at radius 1 is 1.11 bits per heavy atom. The topological polar surface area (TPSA) is 59.4 Å². The number of pyridine rings is 1. The predicted octanol–water partition coefficient (Wildman–Crippen LogP) is 2.29. The number of aliphatic carboxylic acids is 1. The first kappa shape index (κ1) is 12.1. The number of carboxylic acid groups (broad SMARTS) is 1. The fourth-order valence-electron chi connectivity index (χ4n) is 1.52. The Kier molecular flexibility index (Phi) is 3.91. The van der Waals surface area contributed by atoms with Crippen molar-refractivity contribution in [2.45, 2.75) is 13.0 Å². The molecule has 2 rings (SSSR count). The Morgan fingerprint density at radius 2 is 1.89 bits per heavy atom. The summed E-state index contributed by atoms with van der Waals surface area (Å²) in [5.74, 6) is -0.458. The van der Waals surface area contributed by atoms with Gasteiger partial charge in [0, 0.05) is 6.07 Å². The monoisotopic (exact) mass is 243 g/mol. The van der Waals surface area contributed by atoms with Gasteiger partial charge < -0.3 is 9.84 Å². The van der Waals surface area contributed by atoms with Crippen molar-refractivity contribution < 1.29 is 14.6 Å². The fourth-order valence-corrected chi connectivity index (χ4v) is 1.52. The molecule has 0 saturated heterocycles. The third-order valence-electron chi connectivity index (χ3n) is 2.34. The summed E-state index contributed by atoms with van der Waals surface area (Å²) >= 11 is 0. The number of ether oxygens (including phenoxy) is 1. The second kappa shape index (κ2) is 5.82. The van der Waals surface area contributed by atoms with Gasteiger partial charge in [-0.15, -0.1) is 0 Å². The molecule has 92 valence electrons. The number of hydrogen-bond acceptors (Lipinski definition) is 3. The summed E-state index contributed by atoms with van der Waals surface area (Å²) in [5, 5.41) is 8.68. The van der Waals surface area contributed by atoms with Crippen LogP contribution in [0, 0.1) is 0 Å². The maximum Gasteiger partial charge on any atom is 0.309 e. The smallest absolute Gasteiger partial charge is 0.309 e. The number of carbonyl (C=O) groups is 1. The van der Waals surface area contributed by atoms with Gasteiger partial charge in [0.25, 0.3) is 0 Å². The van der Waals surface area contributed by atoms with Gasteiger partial charge in [0.1, 0.15) is 6.61 Å². The van der Waals surface area contributed by atoms with E-state index in [1.165, 1.54) is 0 Å². The summed E-state index contributed by atoms with van der Waals surface area (Å²) in [6.45, 7) is 0.421. The van der Waals surface area contributed by atoms with E-state index in [1.54, 1.807) is 18.2 Å². The molecule has 0 aliphatic carbocycles. The van der Waals surface area contributed by atoms with Gasteiger partial charge in [-0.25, -0.2) is 4.98 Å². The van der Waals surface area contributed by atoms with E-state index in [0.717, 1.165) is 5.56 Å². The quantitative estimate of drug-likeness (QED) is 0.875. The Balaban J connectivity index is 1.99. The first-order chi connectivity index (χ1) is 8.74. The molecule has 0 amide bonds. The van der Waals surface area contributed by atoms with Crippen LogP contribution < -0.4 is 4.74 Å². The number of carboxylic acids is 1. The summed E-state index contributed by atoms with van der Waals surface area (Å²) < 4.78 is 5.51. The first-order valence-electron chi connectivity index (χ1n) is 5.58. The van der Waals surface area contributed by atoms with Gasteiger partial charge in [-0.2, -0.15) is 0 Å². The highest BCUT2D eigenvalue weighted by atomic mass is 16.5. The lowest BCUT2D eigenvalue weighted by Gasteiger charge is -2.06. The van der Waals surface area contributed by atoms with Gasteiger partial charge in [-0.05, 0) is 11.6 Å². The van der Waals surface area contributed by atoms with Crippen LogP contribution in [0.1, 0.15) is 11.3 Å². The van der Waals surface area contributed by atoms with Crippen LogP contribution in [-0.2, 0) is 17.8 Å². The number of rotatable bonds is 5. The number of aromatic nitrogens is 1. The van der Waals surface area contributed by atoms with Crippen molar-refractivity contribution in [2.75, 3.05) is 0 Å². The van der Waals surface area contributed by atoms with E-state index in [1.807, 2.05) is 30.3 Å². The zero-order valence-corrected chi connectivity index (χ0v) is 9.74. The second-order valence-corrected chi connectivity index (χ2v) is 3.81. The van der Waals surface area contributed by atoms with E-state index in [2.05, 4.69) is 4.98 Å². The molecule has 0 radical (unpaired) electrons. The van der Waals surface area contributed by atoms with Gasteiger partial charge in [0.15, 0.2) is 0 Å². The van der Waals surface area contributed by atoms with Crippen molar-refractivity contribution in [3.63, 3.8) is 0 Å². The van der Waals surface area contributed by atoms with Crippen LogP contribution in [0.3, 0.4) is 0 Å². The van der Waals surface area contributed by atoms with E-state index >= 15 is 0 Å². The Bertz CT molecular complexity index is 526. The largest absolute Gasteiger partial charge is 0.481 e. The minimum Gasteiger partial charge on any atom is -0.481 e. The van der Waals surface area contributed by atoms with Crippen LogP contribution in [0.4, 0.5) is 0 Å². The molecular weight excluding hydrogens is 230 g/mol. The fraction of sp³-hybridized carbons (Fsp3) is 0.143. The van der Waals surface area contributed by atoms with E-state index < -0.39 is 5.97 Å². The summed E-state index contributed by atoms with van der Waals surface area (Å²) in [6, 6.07) is 14.9.